The summed E-state index contributed by atoms with van der Waals surface area (Å²) in [6.07, 6.45) is 4.53. The maximum absolute atomic E-state index is 13.2. The van der Waals surface area contributed by atoms with Gasteiger partial charge in [0, 0.05) is 22.3 Å². The zero-order valence-corrected chi connectivity index (χ0v) is 16.4. The molecule has 0 saturated heterocycles. The van der Waals surface area contributed by atoms with Crippen molar-refractivity contribution in [3.05, 3.63) is 62.2 Å². The van der Waals surface area contributed by atoms with Crippen LogP contribution in [0, 0.1) is 0 Å². The topological polar surface area (TPSA) is 55.1 Å². The van der Waals surface area contributed by atoms with E-state index in [0.29, 0.717) is 23.2 Å². The van der Waals surface area contributed by atoms with Crippen LogP contribution < -0.4 is 10.9 Å². The number of phenolic OH excluding ortho intramolecular Hbond substituents is 1. The van der Waals surface area contributed by atoms with Gasteiger partial charge >= 0.3 is 0 Å². The molecule has 4 nitrogen and oxygen atoms in total. The van der Waals surface area contributed by atoms with E-state index in [1.54, 1.807) is 15.9 Å². The van der Waals surface area contributed by atoms with Gasteiger partial charge in [-0.25, -0.2) is 4.98 Å². The van der Waals surface area contributed by atoms with E-state index in [1.165, 1.54) is 4.88 Å². The van der Waals surface area contributed by atoms with Gasteiger partial charge in [0.2, 0.25) is 0 Å². The molecule has 1 aliphatic rings. The number of phenols is 1. The number of rotatable bonds is 4. The molecule has 26 heavy (non-hydrogen) atoms. The van der Waals surface area contributed by atoms with Gasteiger partial charge in [0.05, 0.1) is 11.3 Å². The molecule has 1 aromatic carbocycles. The highest BCUT2D eigenvalue weighted by molar-refractivity contribution is 7.27. The van der Waals surface area contributed by atoms with Crippen LogP contribution in [0.15, 0.2) is 40.5 Å². The van der Waals surface area contributed by atoms with E-state index in [9.17, 15) is 9.90 Å². The van der Waals surface area contributed by atoms with Gasteiger partial charge in [-0.3, -0.25) is 9.36 Å². The zero-order chi connectivity index (χ0) is 18.1. The van der Waals surface area contributed by atoms with Crippen molar-refractivity contribution >= 4 is 25.9 Å². The first-order valence-electron chi connectivity index (χ1n) is 8.88. The Labute approximate surface area is 158 Å². The van der Waals surface area contributed by atoms with Crippen molar-refractivity contribution in [2.75, 3.05) is 0 Å². The van der Waals surface area contributed by atoms with Crippen molar-refractivity contribution in [3.63, 3.8) is 0 Å². The second-order valence-electron chi connectivity index (χ2n) is 6.60. The molecule has 4 rings (SSSR count). The maximum Gasteiger partial charge on any atom is 0.257 e. The predicted molar refractivity (Wildman–Crippen MR) is 110 cm³/mol. The number of aromatic hydroxyl groups is 1. The summed E-state index contributed by atoms with van der Waals surface area (Å²) in [5.41, 5.74) is 2.42. The first-order valence-corrected chi connectivity index (χ1v) is 10.3. The third kappa shape index (κ3) is 3.22. The van der Waals surface area contributed by atoms with E-state index in [0.717, 1.165) is 43.4 Å². The van der Waals surface area contributed by atoms with Gasteiger partial charge in [-0.15, -0.1) is 20.6 Å². The lowest BCUT2D eigenvalue weighted by molar-refractivity contribution is 0.480. The monoisotopic (exact) mass is 384 g/mol. The number of hydrogen-bond acceptors (Lipinski definition) is 4. The maximum atomic E-state index is 13.2. The quantitative estimate of drug-likeness (QED) is 0.703. The molecule has 0 radical (unpaired) electrons. The van der Waals surface area contributed by atoms with Gasteiger partial charge in [-0.2, -0.15) is 0 Å². The Balaban J connectivity index is 1.86. The van der Waals surface area contributed by atoms with Gasteiger partial charge in [-0.05, 0) is 49.6 Å². The molecule has 0 spiro atoms. The Bertz CT molecular complexity index is 996. The standard InChI is InChI=1S/C20H21N2O2PS/c23-18-15(7-3-9-17(18)25)19-21-16-8-2-1-6-14(16)20(24)22(19)11-10-13-5-4-12-26-13/h3-5,7,9,12,23H,1-2,6,8,10-11,25H2. The third-order valence-electron chi connectivity index (χ3n) is 4.91. The second kappa shape index (κ2) is 7.34. The lowest BCUT2D eigenvalue weighted by Crippen LogP contribution is -2.31. The number of fused-ring (bicyclic) bond motifs is 1. The molecule has 1 aliphatic carbocycles. The SMILES string of the molecule is O=c1c2c(nc(-c3cccc(P)c3O)n1CCc1cccs1)CCCC2. The minimum atomic E-state index is 0.0508. The molecule has 0 fully saturated rings. The molecular weight excluding hydrogens is 363 g/mol. The summed E-state index contributed by atoms with van der Waals surface area (Å²) in [6.45, 7) is 0.565. The number of benzene rings is 1. The van der Waals surface area contributed by atoms with E-state index in [4.69, 9.17) is 4.98 Å². The van der Waals surface area contributed by atoms with Crippen molar-refractivity contribution in [1.29, 1.82) is 0 Å². The van der Waals surface area contributed by atoms with Crippen molar-refractivity contribution in [2.24, 2.45) is 0 Å². The fourth-order valence-corrected chi connectivity index (χ4v) is 4.49. The van der Waals surface area contributed by atoms with Gasteiger partial charge in [0.25, 0.3) is 5.56 Å². The molecule has 0 saturated carbocycles. The molecule has 2 aromatic heterocycles. The molecule has 0 amide bonds. The number of para-hydroxylation sites is 1. The summed E-state index contributed by atoms with van der Waals surface area (Å²) >= 11 is 1.70. The van der Waals surface area contributed by atoms with Crippen LogP contribution in [0.25, 0.3) is 11.4 Å². The predicted octanol–water partition coefficient (Wildman–Crippen LogP) is 3.30. The van der Waals surface area contributed by atoms with E-state index in [2.05, 4.69) is 15.3 Å². The highest BCUT2D eigenvalue weighted by Gasteiger charge is 2.21. The Morgan fingerprint density at radius 1 is 1.19 bits per heavy atom. The molecule has 1 unspecified atom stereocenters. The minimum absolute atomic E-state index is 0.0508. The van der Waals surface area contributed by atoms with E-state index < -0.39 is 0 Å². The fourth-order valence-electron chi connectivity index (χ4n) is 3.52. The Kier molecular flexibility index (Phi) is 4.92. The summed E-state index contributed by atoms with van der Waals surface area (Å²) in [4.78, 5) is 19.3. The molecule has 0 aliphatic heterocycles. The Hall–Kier alpha value is -1.97. The number of aryl methyl sites for hydroxylation is 2. The molecule has 3 aromatic rings. The molecule has 1 N–H and O–H groups in total. The van der Waals surface area contributed by atoms with Gasteiger partial charge in [0.1, 0.15) is 11.6 Å². The van der Waals surface area contributed by atoms with Crippen molar-refractivity contribution in [3.8, 4) is 17.1 Å². The average Bonchev–Trinajstić information content (AvgIpc) is 3.17. The number of thiophene rings is 1. The van der Waals surface area contributed by atoms with Crippen LogP contribution in [0.2, 0.25) is 0 Å². The van der Waals surface area contributed by atoms with Gasteiger partial charge in [-0.1, -0.05) is 18.2 Å². The summed E-state index contributed by atoms with van der Waals surface area (Å²) in [5, 5.41) is 13.3. The van der Waals surface area contributed by atoms with Crippen molar-refractivity contribution in [1.82, 2.24) is 9.55 Å². The lowest BCUT2D eigenvalue weighted by Gasteiger charge is -2.20. The molecule has 0 bridgehead atoms. The van der Waals surface area contributed by atoms with Gasteiger partial charge in [0.15, 0.2) is 0 Å². The number of aromatic nitrogens is 2. The van der Waals surface area contributed by atoms with Gasteiger partial charge < -0.3 is 5.11 Å². The lowest BCUT2D eigenvalue weighted by atomic mass is 9.96. The summed E-state index contributed by atoms with van der Waals surface area (Å²) < 4.78 is 1.75. The van der Waals surface area contributed by atoms with E-state index in [1.807, 2.05) is 29.6 Å². The smallest absolute Gasteiger partial charge is 0.257 e. The fraction of sp³-hybridized carbons (Fsp3) is 0.300. The molecular formula is C20H21N2O2PS. The molecule has 134 valence electrons. The Morgan fingerprint density at radius 3 is 2.85 bits per heavy atom. The highest BCUT2D eigenvalue weighted by atomic mass is 32.1. The van der Waals surface area contributed by atoms with Crippen LogP contribution in [-0.4, -0.2) is 14.7 Å². The first kappa shape index (κ1) is 17.4. The third-order valence-corrected chi connectivity index (χ3v) is 6.31. The summed E-state index contributed by atoms with van der Waals surface area (Å²) in [6, 6.07) is 9.66. The van der Waals surface area contributed by atoms with Crippen LogP contribution in [-0.2, 0) is 25.8 Å². The van der Waals surface area contributed by atoms with Crippen LogP contribution in [0.4, 0.5) is 0 Å². The van der Waals surface area contributed by atoms with Crippen LogP contribution in [0.5, 0.6) is 5.75 Å². The van der Waals surface area contributed by atoms with Crippen LogP contribution in [0.3, 0.4) is 0 Å². The average molecular weight is 384 g/mol. The Morgan fingerprint density at radius 2 is 2.04 bits per heavy atom. The second-order valence-corrected chi connectivity index (χ2v) is 8.25. The van der Waals surface area contributed by atoms with Crippen molar-refractivity contribution in [2.45, 2.75) is 38.6 Å². The zero-order valence-electron chi connectivity index (χ0n) is 14.4. The van der Waals surface area contributed by atoms with E-state index in [-0.39, 0.29) is 11.3 Å². The van der Waals surface area contributed by atoms with Crippen LogP contribution in [0.1, 0.15) is 29.0 Å². The summed E-state index contributed by atoms with van der Waals surface area (Å²) in [5.74, 6) is 0.749. The minimum Gasteiger partial charge on any atom is -0.507 e. The molecule has 1 atom stereocenters. The van der Waals surface area contributed by atoms with E-state index >= 15 is 0 Å². The molecule has 6 heteroatoms. The normalized spacial score (nSPS) is 13.6. The largest absolute Gasteiger partial charge is 0.507 e. The number of hydrogen-bond donors (Lipinski definition) is 1. The molecule has 2 heterocycles. The van der Waals surface area contributed by atoms with Crippen LogP contribution >= 0.6 is 20.6 Å². The first-order chi connectivity index (χ1) is 12.6. The summed E-state index contributed by atoms with van der Waals surface area (Å²) in [7, 11) is 2.53. The van der Waals surface area contributed by atoms with Crippen molar-refractivity contribution < 1.29 is 5.11 Å². The highest BCUT2D eigenvalue weighted by Crippen LogP contribution is 2.29. The number of nitrogens with zero attached hydrogens (tertiary/aromatic N) is 2.